The molecule has 1 heterocycles. The Labute approximate surface area is 182 Å². The van der Waals surface area contributed by atoms with Crippen LogP contribution in [-0.4, -0.2) is 51.4 Å². The molecule has 2 aromatic carbocycles. The fraction of sp³-hybridized carbons (Fsp3) is 0.478. The van der Waals surface area contributed by atoms with E-state index >= 15 is 0 Å². The number of halogens is 1. The minimum atomic E-state index is 0.510. The third-order valence-electron chi connectivity index (χ3n) is 5.02. The normalized spacial score (nSPS) is 14.7. The van der Waals surface area contributed by atoms with Crippen molar-refractivity contribution in [2.75, 3.05) is 46.5 Å². The Balaban J connectivity index is 1.49. The van der Waals surface area contributed by atoms with E-state index in [-0.39, 0.29) is 0 Å². The second-order valence-corrected chi connectivity index (χ2v) is 8.23. The lowest BCUT2D eigenvalue weighted by atomic mass is 10.1. The van der Waals surface area contributed by atoms with Gasteiger partial charge in [-0.3, -0.25) is 4.90 Å². The molecule has 1 N–H and O–H groups in total. The fourth-order valence-electron chi connectivity index (χ4n) is 3.46. The van der Waals surface area contributed by atoms with Gasteiger partial charge in [-0.1, -0.05) is 29.8 Å². The lowest BCUT2D eigenvalue weighted by Gasteiger charge is -2.26. The van der Waals surface area contributed by atoms with Gasteiger partial charge >= 0.3 is 0 Å². The molecule has 1 saturated heterocycles. The summed E-state index contributed by atoms with van der Waals surface area (Å²) in [5.74, 6) is 1.49. The van der Waals surface area contributed by atoms with Gasteiger partial charge in [-0.05, 0) is 65.6 Å². The Kier molecular flexibility index (Phi) is 8.80. The molecular weight excluding hydrogens is 432 g/mol. The molecule has 3 rings (SSSR count). The van der Waals surface area contributed by atoms with Gasteiger partial charge in [0, 0.05) is 19.6 Å². The Bertz CT molecular complexity index is 779. The number of nitrogens with one attached hydrogen (secondary N) is 1. The molecule has 1 aliphatic rings. The van der Waals surface area contributed by atoms with Crippen LogP contribution in [0, 0.1) is 6.92 Å². The third-order valence-corrected chi connectivity index (χ3v) is 5.60. The second kappa shape index (κ2) is 11.6. The fourth-order valence-corrected chi connectivity index (χ4v) is 4.06. The number of ether oxygens (including phenoxy) is 3. The zero-order valence-corrected chi connectivity index (χ0v) is 19.0. The number of nitrogens with zero attached hydrogens (tertiary/aromatic N) is 1. The van der Waals surface area contributed by atoms with E-state index in [1.807, 2.05) is 12.1 Å². The summed E-state index contributed by atoms with van der Waals surface area (Å²) < 4.78 is 17.9. The number of morpholine rings is 1. The van der Waals surface area contributed by atoms with Crippen molar-refractivity contribution in [3.63, 3.8) is 0 Å². The van der Waals surface area contributed by atoms with E-state index in [4.69, 9.17) is 14.2 Å². The van der Waals surface area contributed by atoms with E-state index in [9.17, 15) is 0 Å². The lowest BCUT2D eigenvalue weighted by Crippen LogP contribution is -2.37. The molecule has 6 heteroatoms. The van der Waals surface area contributed by atoms with Crippen LogP contribution in [0.15, 0.2) is 40.9 Å². The zero-order valence-electron chi connectivity index (χ0n) is 17.4. The summed E-state index contributed by atoms with van der Waals surface area (Å²) in [6.45, 7) is 9.33. The molecule has 0 spiro atoms. The molecule has 5 nitrogen and oxygen atoms in total. The maximum absolute atomic E-state index is 6.06. The molecular formula is C23H31BrN2O3. The van der Waals surface area contributed by atoms with Gasteiger partial charge in [-0.25, -0.2) is 0 Å². The summed E-state index contributed by atoms with van der Waals surface area (Å²) in [7, 11) is 1.68. The smallest absolute Gasteiger partial charge is 0.175 e. The number of benzene rings is 2. The predicted molar refractivity (Wildman–Crippen MR) is 120 cm³/mol. The van der Waals surface area contributed by atoms with Crippen molar-refractivity contribution < 1.29 is 14.2 Å². The number of rotatable bonds is 10. The molecule has 1 aliphatic heterocycles. The van der Waals surface area contributed by atoms with Crippen LogP contribution in [0.4, 0.5) is 0 Å². The van der Waals surface area contributed by atoms with E-state index in [1.165, 1.54) is 11.1 Å². The standard InChI is InChI=1S/C23H31BrN2O3/c1-18-5-3-6-19(13-18)17-29-23-21(24)14-20(15-22(23)27-2)16-25-7-4-8-26-9-11-28-12-10-26/h3,5-6,13-15,25H,4,7-12,16-17H2,1-2H3. The quantitative estimate of drug-likeness (QED) is 0.537. The van der Waals surface area contributed by atoms with Crippen molar-refractivity contribution in [1.82, 2.24) is 10.2 Å². The Morgan fingerprint density at radius 1 is 1.14 bits per heavy atom. The summed E-state index contributed by atoms with van der Waals surface area (Å²) in [5, 5.41) is 3.53. The number of hydrogen-bond acceptors (Lipinski definition) is 5. The van der Waals surface area contributed by atoms with Crippen molar-refractivity contribution in [2.24, 2.45) is 0 Å². The topological polar surface area (TPSA) is 43.0 Å². The van der Waals surface area contributed by atoms with Crippen molar-refractivity contribution in [3.05, 3.63) is 57.6 Å². The van der Waals surface area contributed by atoms with Crippen LogP contribution in [0.2, 0.25) is 0 Å². The number of methoxy groups -OCH3 is 1. The molecule has 0 amide bonds. The Hall–Kier alpha value is -1.60. The minimum Gasteiger partial charge on any atom is -0.493 e. The summed E-state index contributed by atoms with van der Waals surface area (Å²) in [6, 6.07) is 12.5. The van der Waals surface area contributed by atoms with Gasteiger partial charge < -0.3 is 19.5 Å². The highest BCUT2D eigenvalue weighted by atomic mass is 79.9. The van der Waals surface area contributed by atoms with Crippen LogP contribution in [0.25, 0.3) is 0 Å². The maximum atomic E-state index is 6.06. The summed E-state index contributed by atoms with van der Waals surface area (Å²) >= 11 is 3.65. The van der Waals surface area contributed by atoms with Crippen LogP contribution >= 0.6 is 15.9 Å². The van der Waals surface area contributed by atoms with Gasteiger partial charge in [0.1, 0.15) is 6.61 Å². The molecule has 0 saturated carbocycles. The molecule has 0 bridgehead atoms. The van der Waals surface area contributed by atoms with E-state index in [1.54, 1.807) is 7.11 Å². The Morgan fingerprint density at radius 2 is 1.97 bits per heavy atom. The molecule has 0 radical (unpaired) electrons. The largest absolute Gasteiger partial charge is 0.493 e. The van der Waals surface area contributed by atoms with Crippen LogP contribution in [0.1, 0.15) is 23.1 Å². The monoisotopic (exact) mass is 462 g/mol. The molecule has 29 heavy (non-hydrogen) atoms. The lowest BCUT2D eigenvalue weighted by molar-refractivity contribution is 0.0374. The van der Waals surface area contributed by atoms with Crippen LogP contribution in [0.5, 0.6) is 11.5 Å². The summed E-state index contributed by atoms with van der Waals surface area (Å²) in [5.41, 5.74) is 3.54. The third kappa shape index (κ3) is 7.00. The second-order valence-electron chi connectivity index (χ2n) is 7.37. The first-order valence-electron chi connectivity index (χ1n) is 10.2. The molecule has 0 atom stereocenters. The summed E-state index contributed by atoms with van der Waals surface area (Å²) in [6.07, 6.45) is 1.13. The first-order valence-corrected chi connectivity index (χ1v) is 11.0. The molecule has 1 fully saturated rings. The SMILES string of the molecule is COc1cc(CNCCCN2CCOCC2)cc(Br)c1OCc1cccc(C)c1. The van der Waals surface area contributed by atoms with Crippen molar-refractivity contribution >= 4 is 15.9 Å². The predicted octanol–water partition coefficient (Wildman–Crippen LogP) is 4.16. The van der Waals surface area contributed by atoms with Gasteiger partial charge in [0.2, 0.25) is 0 Å². The molecule has 0 aliphatic carbocycles. The van der Waals surface area contributed by atoms with E-state index < -0.39 is 0 Å². The van der Waals surface area contributed by atoms with Crippen molar-refractivity contribution in [2.45, 2.75) is 26.5 Å². The average Bonchev–Trinajstić information content (AvgIpc) is 2.73. The Morgan fingerprint density at radius 3 is 2.72 bits per heavy atom. The molecule has 2 aromatic rings. The van der Waals surface area contributed by atoms with E-state index in [0.717, 1.165) is 73.9 Å². The highest BCUT2D eigenvalue weighted by Gasteiger charge is 2.13. The van der Waals surface area contributed by atoms with E-state index in [2.05, 4.69) is 57.3 Å². The highest BCUT2D eigenvalue weighted by Crippen LogP contribution is 2.37. The van der Waals surface area contributed by atoms with Gasteiger partial charge in [0.05, 0.1) is 24.8 Å². The van der Waals surface area contributed by atoms with Crippen LogP contribution in [0.3, 0.4) is 0 Å². The zero-order chi connectivity index (χ0) is 20.5. The average molecular weight is 463 g/mol. The molecule has 158 valence electrons. The van der Waals surface area contributed by atoms with Gasteiger partial charge in [0.25, 0.3) is 0 Å². The van der Waals surface area contributed by atoms with Crippen molar-refractivity contribution in [1.29, 1.82) is 0 Å². The first kappa shape index (κ1) is 22.1. The molecule has 0 aromatic heterocycles. The van der Waals surface area contributed by atoms with Gasteiger partial charge in [0.15, 0.2) is 11.5 Å². The highest BCUT2D eigenvalue weighted by molar-refractivity contribution is 9.10. The number of hydrogen-bond donors (Lipinski definition) is 1. The maximum Gasteiger partial charge on any atom is 0.175 e. The summed E-state index contributed by atoms with van der Waals surface area (Å²) in [4.78, 5) is 2.46. The first-order chi connectivity index (χ1) is 14.2. The molecule has 0 unspecified atom stereocenters. The van der Waals surface area contributed by atoms with Gasteiger partial charge in [-0.2, -0.15) is 0 Å². The van der Waals surface area contributed by atoms with Gasteiger partial charge in [-0.15, -0.1) is 0 Å². The van der Waals surface area contributed by atoms with Crippen LogP contribution < -0.4 is 14.8 Å². The van der Waals surface area contributed by atoms with Crippen molar-refractivity contribution in [3.8, 4) is 11.5 Å². The minimum absolute atomic E-state index is 0.510. The van der Waals surface area contributed by atoms with Crippen LogP contribution in [-0.2, 0) is 17.9 Å². The number of aryl methyl sites for hydroxylation is 1. The van der Waals surface area contributed by atoms with E-state index in [0.29, 0.717) is 6.61 Å².